The predicted molar refractivity (Wildman–Crippen MR) is 91.8 cm³/mol. The summed E-state index contributed by atoms with van der Waals surface area (Å²) in [5.41, 5.74) is 5.88. The Bertz CT molecular complexity index is 538. The van der Waals surface area contributed by atoms with E-state index < -0.39 is 30.2 Å². The van der Waals surface area contributed by atoms with E-state index >= 15 is 0 Å². The van der Waals surface area contributed by atoms with E-state index in [0.29, 0.717) is 15.6 Å². The van der Waals surface area contributed by atoms with E-state index in [1.165, 1.54) is 0 Å². The van der Waals surface area contributed by atoms with Gasteiger partial charge in [0.25, 0.3) is 0 Å². The van der Waals surface area contributed by atoms with E-state index in [0.717, 1.165) is 0 Å². The van der Waals surface area contributed by atoms with Gasteiger partial charge in [-0.25, -0.2) is 0 Å². The lowest BCUT2D eigenvalue weighted by atomic mass is 9.98. The van der Waals surface area contributed by atoms with Crippen LogP contribution in [0.3, 0.4) is 0 Å². The molecule has 130 valence electrons. The van der Waals surface area contributed by atoms with Crippen LogP contribution >= 0.6 is 35.6 Å². The third-order valence-corrected chi connectivity index (χ3v) is 3.16. The second-order valence-electron chi connectivity index (χ2n) is 5.83. The molecule has 1 atom stereocenters. The van der Waals surface area contributed by atoms with E-state index in [1.54, 1.807) is 39.0 Å². The van der Waals surface area contributed by atoms with Gasteiger partial charge in [-0.1, -0.05) is 23.2 Å². The number of rotatable bonds is 5. The molecule has 1 aromatic carbocycles. The number of ether oxygens (including phenoxy) is 2. The SMILES string of the molecule is CC(C)(C)C(=O)OCOC(=O)CC(N)c1cc(Cl)cc(Cl)c1.Cl. The molecule has 1 aromatic rings. The third-order valence-electron chi connectivity index (χ3n) is 2.72. The molecule has 0 aliphatic rings. The first-order chi connectivity index (χ1) is 10.1. The smallest absolute Gasteiger partial charge is 0.314 e. The van der Waals surface area contributed by atoms with Gasteiger partial charge in [-0.2, -0.15) is 0 Å². The summed E-state index contributed by atoms with van der Waals surface area (Å²) in [6, 6.07) is 4.22. The Morgan fingerprint density at radius 2 is 1.65 bits per heavy atom. The fourth-order valence-electron chi connectivity index (χ4n) is 1.51. The lowest BCUT2D eigenvalue weighted by Gasteiger charge is -2.17. The van der Waals surface area contributed by atoms with Crippen LogP contribution in [0.2, 0.25) is 10.0 Å². The van der Waals surface area contributed by atoms with Gasteiger partial charge < -0.3 is 15.2 Å². The number of carbonyl (C=O) groups is 2. The highest BCUT2D eigenvalue weighted by atomic mass is 35.5. The summed E-state index contributed by atoms with van der Waals surface area (Å²) in [5, 5.41) is 0.871. The molecule has 0 aliphatic carbocycles. The Labute approximate surface area is 151 Å². The Balaban J connectivity index is 0.00000484. The van der Waals surface area contributed by atoms with Crippen LogP contribution in [-0.4, -0.2) is 18.7 Å². The summed E-state index contributed by atoms with van der Waals surface area (Å²) in [5.74, 6) is -1.03. The summed E-state index contributed by atoms with van der Waals surface area (Å²) in [6.07, 6.45) is -0.0796. The van der Waals surface area contributed by atoms with Gasteiger partial charge in [-0.15, -0.1) is 12.4 Å². The quantitative estimate of drug-likeness (QED) is 0.615. The lowest BCUT2D eigenvalue weighted by molar-refractivity contribution is -0.173. The van der Waals surface area contributed by atoms with Gasteiger partial charge >= 0.3 is 11.9 Å². The van der Waals surface area contributed by atoms with Crippen LogP contribution in [0.5, 0.6) is 0 Å². The number of esters is 2. The maximum atomic E-state index is 11.7. The molecule has 0 aliphatic heterocycles. The number of hydrogen-bond donors (Lipinski definition) is 1. The van der Waals surface area contributed by atoms with Crippen molar-refractivity contribution in [3.8, 4) is 0 Å². The molecule has 0 amide bonds. The highest BCUT2D eigenvalue weighted by molar-refractivity contribution is 6.34. The zero-order valence-electron chi connectivity index (χ0n) is 13.1. The maximum Gasteiger partial charge on any atom is 0.314 e. The largest absolute Gasteiger partial charge is 0.428 e. The number of nitrogens with two attached hydrogens (primary N) is 1. The van der Waals surface area contributed by atoms with E-state index in [4.69, 9.17) is 38.4 Å². The van der Waals surface area contributed by atoms with Crippen molar-refractivity contribution in [1.82, 2.24) is 0 Å². The molecule has 0 radical (unpaired) electrons. The third kappa shape index (κ3) is 7.88. The number of benzene rings is 1. The van der Waals surface area contributed by atoms with Crippen LogP contribution in [0.1, 0.15) is 38.8 Å². The van der Waals surface area contributed by atoms with Crippen LogP contribution < -0.4 is 5.73 Å². The molecule has 5 nitrogen and oxygen atoms in total. The van der Waals surface area contributed by atoms with E-state index in [9.17, 15) is 9.59 Å². The summed E-state index contributed by atoms with van der Waals surface area (Å²) in [4.78, 5) is 23.2. The zero-order valence-corrected chi connectivity index (χ0v) is 15.4. The van der Waals surface area contributed by atoms with Gasteiger partial charge in [-0.3, -0.25) is 9.59 Å². The summed E-state index contributed by atoms with van der Waals surface area (Å²) >= 11 is 11.8. The predicted octanol–water partition coefficient (Wildman–Crippen LogP) is 3.90. The van der Waals surface area contributed by atoms with Crippen molar-refractivity contribution in [3.63, 3.8) is 0 Å². The first-order valence-corrected chi connectivity index (χ1v) is 7.39. The lowest BCUT2D eigenvalue weighted by Crippen LogP contribution is -2.25. The molecular weight excluding hydrogens is 365 g/mol. The molecule has 0 spiro atoms. The topological polar surface area (TPSA) is 78.6 Å². The number of hydrogen-bond acceptors (Lipinski definition) is 5. The van der Waals surface area contributed by atoms with Gasteiger partial charge in [0.1, 0.15) is 0 Å². The van der Waals surface area contributed by atoms with Gasteiger partial charge in [0.15, 0.2) is 0 Å². The minimum Gasteiger partial charge on any atom is -0.428 e. The van der Waals surface area contributed by atoms with Crippen LogP contribution in [0.4, 0.5) is 0 Å². The molecule has 0 heterocycles. The molecular formula is C15H20Cl3NO4. The van der Waals surface area contributed by atoms with Gasteiger partial charge in [0, 0.05) is 16.1 Å². The zero-order chi connectivity index (χ0) is 16.9. The molecule has 0 aromatic heterocycles. The summed E-state index contributed by atoms with van der Waals surface area (Å²) < 4.78 is 9.67. The molecule has 8 heteroatoms. The monoisotopic (exact) mass is 383 g/mol. The fourth-order valence-corrected chi connectivity index (χ4v) is 2.05. The maximum absolute atomic E-state index is 11.7. The molecule has 0 bridgehead atoms. The number of carbonyl (C=O) groups excluding carboxylic acids is 2. The normalized spacial score (nSPS) is 12.1. The standard InChI is InChI=1S/C15H19Cl2NO4.ClH/c1-15(2,3)14(20)22-8-21-13(19)7-12(18)9-4-10(16)6-11(17)5-9;/h4-6,12H,7-8,18H2,1-3H3;1H. The Morgan fingerprint density at radius 1 is 1.13 bits per heavy atom. The second kappa shape index (κ2) is 9.33. The van der Waals surface area contributed by atoms with Crippen LogP contribution in [0.15, 0.2) is 18.2 Å². The molecule has 1 rings (SSSR count). The average molecular weight is 385 g/mol. The average Bonchev–Trinajstić information content (AvgIpc) is 2.36. The van der Waals surface area contributed by atoms with Crippen molar-refractivity contribution < 1.29 is 19.1 Å². The Morgan fingerprint density at radius 3 is 2.13 bits per heavy atom. The minimum absolute atomic E-state index is 0. The van der Waals surface area contributed by atoms with Crippen LogP contribution in [-0.2, 0) is 19.1 Å². The van der Waals surface area contributed by atoms with E-state index in [2.05, 4.69) is 0 Å². The summed E-state index contributed by atoms with van der Waals surface area (Å²) in [7, 11) is 0. The van der Waals surface area contributed by atoms with Crippen molar-refractivity contribution in [2.75, 3.05) is 6.79 Å². The van der Waals surface area contributed by atoms with Crippen LogP contribution in [0.25, 0.3) is 0 Å². The molecule has 0 saturated heterocycles. The van der Waals surface area contributed by atoms with Gasteiger partial charge in [0.05, 0.1) is 11.8 Å². The fraction of sp³-hybridized carbons (Fsp3) is 0.467. The number of halogens is 3. The molecule has 1 unspecified atom stereocenters. The van der Waals surface area contributed by atoms with Crippen molar-refractivity contribution in [2.24, 2.45) is 11.1 Å². The minimum atomic E-state index is -0.652. The highest BCUT2D eigenvalue weighted by Crippen LogP contribution is 2.24. The first kappa shape index (κ1) is 22.0. The Hall–Kier alpha value is -1.01. The summed E-state index contributed by atoms with van der Waals surface area (Å²) in [6.45, 7) is 4.68. The van der Waals surface area contributed by atoms with Crippen LogP contribution in [0, 0.1) is 5.41 Å². The van der Waals surface area contributed by atoms with Gasteiger partial charge in [0.2, 0.25) is 6.79 Å². The van der Waals surface area contributed by atoms with Crippen molar-refractivity contribution >= 4 is 47.5 Å². The van der Waals surface area contributed by atoms with Crippen molar-refractivity contribution in [1.29, 1.82) is 0 Å². The molecule has 2 N–H and O–H groups in total. The van der Waals surface area contributed by atoms with E-state index in [1.807, 2.05) is 0 Å². The van der Waals surface area contributed by atoms with Crippen molar-refractivity contribution in [2.45, 2.75) is 33.2 Å². The molecule has 0 fully saturated rings. The molecule has 23 heavy (non-hydrogen) atoms. The van der Waals surface area contributed by atoms with Gasteiger partial charge in [-0.05, 0) is 44.5 Å². The highest BCUT2D eigenvalue weighted by Gasteiger charge is 2.23. The first-order valence-electron chi connectivity index (χ1n) is 6.64. The van der Waals surface area contributed by atoms with E-state index in [-0.39, 0.29) is 18.8 Å². The second-order valence-corrected chi connectivity index (χ2v) is 6.70. The Kier molecular flexibility index (Phi) is 8.92. The molecule has 0 saturated carbocycles. The van der Waals surface area contributed by atoms with Crippen molar-refractivity contribution in [3.05, 3.63) is 33.8 Å².